The van der Waals surface area contributed by atoms with Crippen molar-refractivity contribution in [1.82, 2.24) is 14.5 Å². The Hall–Kier alpha value is -2.83. The average Bonchev–Trinajstić information content (AvgIpc) is 2.95. The number of nitrogens with zero attached hydrogens (tertiary/aromatic N) is 4. The summed E-state index contributed by atoms with van der Waals surface area (Å²) in [6, 6.07) is 8.68. The molecule has 0 spiro atoms. The van der Waals surface area contributed by atoms with Crippen LogP contribution < -0.4 is 16.7 Å². The number of imidazole rings is 1. The van der Waals surface area contributed by atoms with Gasteiger partial charge < -0.3 is 20.2 Å². The average molecular weight is 382 g/mol. The molecule has 1 aromatic carbocycles. The fourth-order valence-electron chi connectivity index (χ4n) is 3.64. The van der Waals surface area contributed by atoms with Crippen LogP contribution in [0.1, 0.15) is 35.4 Å². The lowest BCUT2D eigenvalue weighted by Gasteiger charge is -2.15. The van der Waals surface area contributed by atoms with E-state index < -0.39 is 0 Å². The Labute approximate surface area is 166 Å². The van der Waals surface area contributed by atoms with Crippen LogP contribution in [0, 0.1) is 19.3 Å². The van der Waals surface area contributed by atoms with Gasteiger partial charge in [0.05, 0.1) is 5.84 Å². The van der Waals surface area contributed by atoms with Crippen molar-refractivity contribution in [2.24, 2.45) is 15.7 Å². The van der Waals surface area contributed by atoms with Gasteiger partial charge in [-0.25, -0.2) is 0 Å². The Morgan fingerprint density at radius 1 is 1.18 bits per heavy atom. The van der Waals surface area contributed by atoms with E-state index in [2.05, 4.69) is 62.5 Å². The number of benzene rings is 1. The van der Waals surface area contributed by atoms with E-state index in [1.165, 1.54) is 17.0 Å². The van der Waals surface area contributed by atoms with E-state index in [4.69, 9.17) is 11.1 Å². The quantitative estimate of drug-likeness (QED) is 0.503. The van der Waals surface area contributed by atoms with Gasteiger partial charge in [-0.2, -0.15) is 0 Å². The van der Waals surface area contributed by atoms with Crippen molar-refractivity contribution < 1.29 is 0 Å². The van der Waals surface area contributed by atoms with Crippen molar-refractivity contribution in [3.05, 3.63) is 52.4 Å². The van der Waals surface area contributed by atoms with Crippen LogP contribution in [0.4, 0.5) is 0 Å². The summed E-state index contributed by atoms with van der Waals surface area (Å²) in [5.41, 5.74) is 11.3. The maximum absolute atomic E-state index is 7.50. The van der Waals surface area contributed by atoms with E-state index in [-0.39, 0.29) is 5.84 Å². The van der Waals surface area contributed by atoms with Crippen molar-refractivity contribution >= 4 is 11.7 Å². The molecular weight excluding hydrogens is 350 g/mol. The Kier molecular flexibility index (Phi) is 6.34. The van der Waals surface area contributed by atoms with Crippen LogP contribution in [0.5, 0.6) is 0 Å². The molecule has 1 aliphatic heterocycles. The summed E-state index contributed by atoms with van der Waals surface area (Å²) >= 11 is 0. The molecule has 7 nitrogen and oxygen atoms in total. The third-order valence-electron chi connectivity index (χ3n) is 5.37. The highest BCUT2D eigenvalue weighted by Gasteiger charge is 2.12. The molecule has 0 fully saturated rings. The Bertz CT molecular complexity index is 929. The Balaban J connectivity index is 1.74. The molecule has 4 N–H and O–H groups in total. The number of hydrogen-bond acceptors (Lipinski definition) is 4. The van der Waals surface area contributed by atoms with Crippen molar-refractivity contribution in [1.29, 1.82) is 5.41 Å². The fourth-order valence-corrected chi connectivity index (χ4v) is 3.64. The molecule has 0 aliphatic carbocycles. The molecule has 2 aromatic rings. The van der Waals surface area contributed by atoms with E-state index in [0.29, 0.717) is 13.0 Å². The summed E-state index contributed by atoms with van der Waals surface area (Å²) in [5.74, 6) is 1.21. The minimum atomic E-state index is 0.205. The Morgan fingerprint density at radius 3 is 2.43 bits per heavy atom. The fraction of sp³-hybridized carbons (Fsp3) is 0.476. The molecule has 1 aliphatic rings. The zero-order chi connectivity index (χ0) is 20.1. The second-order valence-electron chi connectivity index (χ2n) is 7.23. The van der Waals surface area contributed by atoms with Gasteiger partial charge >= 0.3 is 0 Å². The SMILES string of the molecule is CN=c1n(CCC(=N)N)c(C)c(C)n1CCc1ccc(C2=NCCCN2)cc1. The van der Waals surface area contributed by atoms with Crippen molar-refractivity contribution in [3.63, 3.8) is 0 Å². The third kappa shape index (κ3) is 4.35. The summed E-state index contributed by atoms with van der Waals surface area (Å²) < 4.78 is 4.42. The van der Waals surface area contributed by atoms with Crippen molar-refractivity contribution in [2.45, 2.75) is 46.2 Å². The summed E-state index contributed by atoms with van der Waals surface area (Å²) in [7, 11) is 1.82. The number of aliphatic imine (C=N–C) groups is 1. The molecule has 7 heteroatoms. The van der Waals surface area contributed by atoms with Crippen molar-refractivity contribution in [3.8, 4) is 0 Å². The molecule has 2 heterocycles. The first-order chi connectivity index (χ1) is 13.5. The molecule has 1 aromatic heterocycles. The third-order valence-corrected chi connectivity index (χ3v) is 5.37. The first-order valence-electron chi connectivity index (χ1n) is 9.91. The largest absolute Gasteiger partial charge is 0.388 e. The monoisotopic (exact) mass is 381 g/mol. The zero-order valence-electron chi connectivity index (χ0n) is 17.1. The van der Waals surface area contributed by atoms with Gasteiger partial charge in [-0.1, -0.05) is 24.3 Å². The van der Waals surface area contributed by atoms with E-state index in [9.17, 15) is 0 Å². The zero-order valence-corrected chi connectivity index (χ0v) is 17.1. The van der Waals surface area contributed by atoms with Crippen LogP contribution in [0.2, 0.25) is 0 Å². The highest BCUT2D eigenvalue weighted by Crippen LogP contribution is 2.11. The first kappa shape index (κ1) is 19.9. The van der Waals surface area contributed by atoms with Crippen LogP contribution in [0.3, 0.4) is 0 Å². The maximum atomic E-state index is 7.50. The lowest BCUT2D eigenvalue weighted by molar-refractivity contribution is 0.588. The molecule has 0 unspecified atom stereocenters. The maximum Gasteiger partial charge on any atom is 0.205 e. The molecule has 150 valence electrons. The standard InChI is InChI=1S/C21H31N7/c1-15-16(2)28(14-10-19(22)23)21(24-3)27(15)13-9-17-5-7-18(8-6-17)20-25-11-4-12-26-20/h5-8H,4,9-14H2,1-3H3,(H3,22,23)(H,25,26). The van der Waals surface area contributed by atoms with E-state index in [0.717, 1.165) is 49.5 Å². The van der Waals surface area contributed by atoms with Crippen LogP contribution in [-0.4, -0.2) is 40.9 Å². The van der Waals surface area contributed by atoms with E-state index in [1.807, 2.05) is 7.05 Å². The number of nitrogens with one attached hydrogen (secondary N) is 2. The second kappa shape index (κ2) is 8.91. The molecule has 3 rings (SSSR count). The highest BCUT2D eigenvalue weighted by molar-refractivity contribution is 5.99. The van der Waals surface area contributed by atoms with Gasteiger partial charge in [0.1, 0.15) is 5.84 Å². The molecular formula is C21H31N7. The smallest absolute Gasteiger partial charge is 0.205 e. The minimum Gasteiger partial charge on any atom is -0.388 e. The van der Waals surface area contributed by atoms with E-state index >= 15 is 0 Å². The minimum absolute atomic E-state index is 0.205. The normalized spacial score (nSPS) is 14.7. The van der Waals surface area contributed by atoms with E-state index in [1.54, 1.807) is 0 Å². The van der Waals surface area contributed by atoms with Gasteiger partial charge in [0.15, 0.2) is 0 Å². The van der Waals surface area contributed by atoms with Gasteiger partial charge in [-0.15, -0.1) is 0 Å². The van der Waals surface area contributed by atoms with Gasteiger partial charge in [0, 0.05) is 56.6 Å². The van der Waals surface area contributed by atoms with Crippen LogP contribution in [0.25, 0.3) is 0 Å². The lowest BCUT2D eigenvalue weighted by Crippen LogP contribution is -2.30. The number of rotatable bonds is 7. The molecule has 28 heavy (non-hydrogen) atoms. The van der Waals surface area contributed by atoms with Crippen LogP contribution in [0.15, 0.2) is 34.3 Å². The number of hydrogen-bond donors (Lipinski definition) is 3. The summed E-state index contributed by atoms with van der Waals surface area (Å²) in [5, 5.41) is 10.9. The number of aryl methyl sites for hydroxylation is 1. The van der Waals surface area contributed by atoms with Crippen LogP contribution >= 0.6 is 0 Å². The lowest BCUT2D eigenvalue weighted by atomic mass is 10.1. The molecule has 0 saturated heterocycles. The van der Waals surface area contributed by atoms with Crippen molar-refractivity contribution in [2.75, 3.05) is 20.1 Å². The number of amidine groups is 2. The number of aromatic nitrogens is 2. The molecule has 0 radical (unpaired) electrons. The summed E-state index contributed by atoms with van der Waals surface area (Å²) in [6.45, 7) is 7.69. The van der Waals surface area contributed by atoms with Gasteiger partial charge in [-0.05, 0) is 32.3 Å². The predicted octanol–water partition coefficient (Wildman–Crippen LogP) is 1.75. The van der Waals surface area contributed by atoms with Gasteiger partial charge in [-0.3, -0.25) is 15.4 Å². The molecule has 0 saturated carbocycles. The first-order valence-corrected chi connectivity index (χ1v) is 9.91. The summed E-state index contributed by atoms with van der Waals surface area (Å²) in [6.07, 6.45) is 2.58. The predicted molar refractivity (Wildman–Crippen MR) is 114 cm³/mol. The highest BCUT2D eigenvalue weighted by atomic mass is 15.2. The molecule has 0 amide bonds. The summed E-state index contributed by atoms with van der Waals surface area (Å²) in [4.78, 5) is 9.07. The van der Waals surface area contributed by atoms with Gasteiger partial charge in [0.25, 0.3) is 0 Å². The molecule has 0 bridgehead atoms. The topological polar surface area (TPSA) is 96.5 Å². The molecule has 0 atom stereocenters. The number of nitrogens with two attached hydrogens (primary N) is 1. The Morgan fingerprint density at radius 2 is 1.86 bits per heavy atom. The van der Waals surface area contributed by atoms with Gasteiger partial charge in [0.2, 0.25) is 5.62 Å². The van der Waals surface area contributed by atoms with Crippen LogP contribution in [-0.2, 0) is 19.5 Å². The second-order valence-corrected chi connectivity index (χ2v) is 7.23.